The van der Waals surface area contributed by atoms with Crippen molar-refractivity contribution < 1.29 is 26.7 Å². The lowest BCUT2D eigenvalue weighted by molar-refractivity contribution is 0.0589. The van der Waals surface area contributed by atoms with Crippen LogP contribution in [-0.2, 0) is 14.8 Å². The van der Waals surface area contributed by atoms with Crippen molar-refractivity contribution in [1.82, 2.24) is 4.31 Å². The van der Waals surface area contributed by atoms with Gasteiger partial charge in [-0.25, -0.2) is 26.3 Å². The number of alkyl halides is 2. The summed E-state index contributed by atoms with van der Waals surface area (Å²) in [5.74, 6) is -1.02. The molecule has 5 nitrogen and oxygen atoms in total. The van der Waals surface area contributed by atoms with Crippen molar-refractivity contribution in [2.45, 2.75) is 11.3 Å². The lowest BCUT2D eigenvalue weighted by atomic mass is 10.1. The van der Waals surface area contributed by atoms with E-state index in [0.717, 1.165) is 23.5 Å². The summed E-state index contributed by atoms with van der Waals surface area (Å²) < 4.78 is 55.2. The van der Waals surface area contributed by atoms with Gasteiger partial charge in [0.15, 0.2) is 0 Å². The molecule has 1 aromatic carbocycles. The van der Waals surface area contributed by atoms with Gasteiger partial charge < -0.3 is 4.74 Å². The van der Waals surface area contributed by atoms with Crippen molar-refractivity contribution in [2.75, 3.05) is 21.2 Å². The third-order valence-corrected chi connectivity index (χ3v) is 5.28. The highest BCUT2D eigenvalue weighted by molar-refractivity contribution is 9.10. The number of methoxy groups -OCH3 is 1. The number of hydrogen-bond donors (Lipinski definition) is 0. The lowest BCUT2D eigenvalue weighted by Crippen LogP contribution is -2.23. The summed E-state index contributed by atoms with van der Waals surface area (Å²) in [5, 5.41) is 0. The van der Waals surface area contributed by atoms with Crippen LogP contribution in [0.4, 0.5) is 8.78 Å². The second kappa shape index (κ2) is 6.15. The van der Waals surface area contributed by atoms with E-state index in [9.17, 15) is 22.0 Å². The van der Waals surface area contributed by atoms with Gasteiger partial charge in [0.1, 0.15) is 0 Å². The maximum Gasteiger partial charge on any atom is 0.338 e. The fraction of sp³-hybridized carbons (Fsp3) is 0.364. The van der Waals surface area contributed by atoms with E-state index in [4.69, 9.17) is 0 Å². The number of hydrogen-bond acceptors (Lipinski definition) is 4. The fourth-order valence-electron chi connectivity index (χ4n) is 1.43. The quantitative estimate of drug-likeness (QED) is 0.762. The van der Waals surface area contributed by atoms with Crippen LogP contribution in [0, 0.1) is 0 Å². The Morgan fingerprint density at radius 3 is 2.30 bits per heavy atom. The molecule has 9 heteroatoms. The summed E-state index contributed by atoms with van der Waals surface area (Å²) in [6.07, 6.45) is -2.93. The smallest absolute Gasteiger partial charge is 0.338 e. The molecule has 0 unspecified atom stereocenters. The van der Waals surface area contributed by atoms with E-state index in [-0.39, 0.29) is 9.37 Å². The van der Waals surface area contributed by atoms with Gasteiger partial charge >= 0.3 is 5.97 Å². The van der Waals surface area contributed by atoms with Crippen LogP contribution in [0.15, 0.2) is 21.5 Å². The number of rotatable bonds is 4. The normalized spacial score (nSPS) is 12.0. The van der Waals surface area contributed by atoms with E-state index in [1.54, 1.807) is 0 Å². The molecule has 0 atom stereocenters. The second-order valence-electron chi connectivity index (χ2n) is 3.95. The van der Waals surface area contributed by atoms with Crippen LogP contribution in [0.2, 0.25) is 0 Å². The topological polar surface area (TPSA) is 63.7 Å². The first kappa shape index (κ1) is 17.0. The van der Waals surface area contributed by atoms with Crippen molar-refractivity contribution in [1.29, 1.82) is 0 Å². The third kappa shape index (κ3) is 3.15. The SMILES string of the molecule is COC(=O)c1cc(S(=O)(=O)N(C)C)c(Br)cc1C(F)F. The van der Waals surface area contributed by atoms with Gasteiger partial charge in [-0.15, -0.1) is 0 Å². The van der Waals surface area contributed by atoms with E-state index < -0.39 is 33.5 Å². The minimum Gasteiger partial charge on any atom is -0.465 e. The Kier molecular flexibility index (Phi) is 5.22. The van der Waals surface area contributed by atoms with Gasteiger partial charge in [-0.1, -0.05) is 0 Å². The van der Waals surface area contributed by atoms with Gasteiger partial charge in [0.25, 0.3) is 6.43 Å². The summed E-state index contributed by atoms with van der Waals surface area (Å²) >= 11 is 2.93. The van der Waals surface area contributed by atoms with Crippen LogP contribution in [0.1, 0.15) is 22.3 Å². The molecular weight excluding hydrogens is 360 g/mol. The molecule has 0 aliphatic carbocycles. The zero-order chi connectivity index (χ0) is 15.7. The molecule has 0 aliphatic rings. The van der Waals surface area contributed by atoms with E-state index in [1.807, 2.05) is 0 Å². The van der Waals surface area contributed by atoms with Crippen molar-refractivity contribution in [3.63, 3.8) is 0 Å². The van der Waals surface area contributed by atoms with E-state index >= 15 is 0 Å². The molecule has 0 bridgehead atoms. The average molecular weight is 372 g/mol. The number of nitrogens with zero attached hydrogens (tertiary/aromatic N) is 1. The van der Waals surface area contributed by atoms with Crippen LogP contribution in [0.3, 0.4) is 0 Å². The van der Waals surface area contributed by atoms with E-state index in [0.29, 0.717) is 0 Å². The first-order valence-electron chi connectivity index (χ1n) is 5.25. The predicted molar refractivity (Wildman–Crippen MR) is 71.3 cm³/mol. The summed E-state index contributed by atoms with van der Waals surface area (Å²) in [7, 11) is -0.268. The van der Waals surface area contributed by atoms with Gasteiger partial charge in [-0.3, -0.25) is 0 Å². The molecule has 0 aliphatic heterocycles. The molecule has 0 saturated heterocycles. The monoisotopic (exact) mass is 371 g/mol. The molecule has 0 radical (unpaired) electrons. The Balaban J connectivity index is 3.64. The number of ether oxygens (including phenoxy) is 1. The number of halogens is 3. The average Bonchev–Trinajstić information content (AvgIpc) is 2.36. The highest BCUT2D eigenvalue weighted by Crippen LogP contribution is 2.32. The standard InChI is InChI=1S/C11H12BrF2NO4S/c1-15(2)20(17,18)9-5-7(11(16)19-3)6(10(13)14)4-8(9)12/h4-5,10H,1-3H3. The number of esters is 1. The highest BCUT2D eigenvalue weighted by Gasteiger charge is 2.27. The molecule has 0 N–H and O–H groups in total. The van der Waals surface area contributed by atoms with Crippen molar-refractivity contribution >= 4 is 31.9 Å². The highest BCUT2D eigenvalue weighted by atomic mass is 79.9. The van der Waals surface area contributed by atoms with Crippen LogP contribution < -0.4 is 0 Å². The Bertz CT molecular complexity index is 632. The maximum atomic E-state index is 12.9. The number of carbonyl (C=O) groups excluding carboxylic acids is 1. The zero-order valence-electron chi connectivity index (χ0n) is 10.9. The molecule has 0 heterocycles. The predicted octanol–water partition coefficient (Wildman–Crippen LogP) is 2.42. The molecule has 0 amide bonds. The molecular formula is C11H12BrF2NO4S. The van der Waals surface area contributed by atoms with Crippen molar-refractivity contribution in [2.24, 2.45) is 0 Å². The Hall–Kier alpha value is -1.06. The molecule has 1 rings (SSSR count). The van der Waals surface area contributed by atoms with Crippen LogP contribution in [-0.4, -0.2) is 39.9 Å². The molecule has 0 saturated carbocycles. The number of carbonyl (C=O) groups is 1. The van der Waals surface area contributed by atoms with Crippen molar-refractivity contribution in [3.05, 3.63) is 27.7 Å². The second-order valence-corrected chi connectivity index (χ2v) is 6.92. The lowest BCUT2D eigenvalue weighted by Gasteiger charge is -2.15. The first-order valence-corrected chi connectivity index (χ1v) is 7.48. The number of sulfonamides is 1. The molecule has 0 fully saturated rings. The molecule has 0 aromatic heterocycles. The van der Waals surface area contributed by atoms with E-state index in [2.05, 4.69) is 20.7 Å². The molecule has 112 valence electrons. The molecule has 20 heavy (non-hydrogen) atoms. The Morgan fingerprint density at radius 2 is 1.90 bits per heavy atom. The minimum atomic E-state index is -3.88. The third-order valence-electron chi connectivity index (χ3n) is 2.50. The van der Waals surface area contributed by atoms with Crippen LogP contribution >= 0.6 is 15.9 Å². The molecule has 0 spiro atoms. The van der Waals surface area contributed by atoms with Gasteiger partial charge in [-0.05, 0) is 28.1 Å². The Labute approximate surface area is 123 Å². The fourth-order valence-corrected chi connectivity index (χ4v) is 3.37. The van der Waals surface area contributed by atoms with Gasteiger partial charge in [0, 0.05) is 24.1 Å². The van der Waals surface area contributed by atoms with E-state index in [1.165, 1.54) is 14.1 Å². The maximum absolute atomic E-state index is 12.9. The zero-order valence-corrected chi connectivity index (χ0v) is 13.3. The van der Waals surface area contributed by atoms with Crippen LogP contribution in [0.5, 0.6) is 0 Å². The van der Waals surface area contributed by atoms with Gasteiger partial charge in [0.2, 0.25) is 10.0 Å². The van der Waals surface area contributed by atoms with Gasteiger partial charge in [-0.2, -0.15) is 0 Å². The number of benzene rings is 1. The Morgan fingerprint density at radius 1 is 1.35 bits per heavy atom. The van der Waals surface area contributed by atoms with Gasteiger partial charge in [0.05, 0.1) is 17.6 Å². The minimum absolute atomic E-state index is 0.0471. The summed E-state index contributed by atoms with van der Waals surface area (Å²) in [5.41, 5.74) is -1.08. The first-order chi connectivity index (χ1) is 9.12. The summed E-state index contributed by atoms with van der Waals surface area (Å²) in [6, 6.07) is 1.79. The van der Waals surface area contributed by atoms with Crippen LogP contribution in [0.25, 0.3) is 0 Å². The largest absolute Gasteiger partial charge is 0.465 e. The molecule has 1 aromatic rings. The van der Waals surface area contributed by atoms with Crippen molar-refractivity contribution in [3.8, 4) is 0 Å². The summed E-state index contributed by atoms with van der Waals surface area (Å²) in [4.78, 5) is 11.2. The summed E-state index contributed by atoms with van der Waals surface area (Å²) in [6.45, 7) is 0.